The van der Waals surface area contributed by atoms with Crippen molar-refractivity contribution in [1.82, 2.24) is 15.0 Å². The molecule has 0 aliphatic heterocycles. The van der Waals surface area contributed by atoms with Crippen molar-refractivity contribution in [2.75, 3.05) is 24.8 Å². The van der Waals surface area contributed by atoms with Crippen molar-refractivity contribution in [2.45, 2.75) is 6.54 Å². The highest BCUT2D eigenvalue weighted by atomic mass is 16.5. The smallest absolute Gasteiger partial charge is 0.224 e. The molecule has 18 heavy (non-hydrogen) atoms. The van der Waals surface area contributed by atoms with Crippen LogP contribution in [0.4, 0.5) is 11.8 Å². The van der Waals surface area contributed by atoms with Crippen molar-refractivity contribution in [1.29, 1.82) is 0 Å². The summed E-state index contributed by atoms with van der Waals surface area (Å²) in [5.74, 6) is 1.97. The van der Waals surface area contributed by atoms with Crippen molar-refractivity contribution in [2.24, 2.45) is 0 Å². The topological polar surface area (TPSA) is 72.0 Å². The molecule has 0 fully saturated rings. The molecule has 0 atom stereocenters. The van der Waals surface area contributed by atoms with E-state index in [2.05, 4.69) is 25.6 Å². The number of ether oxygens (including phenoxy) is 1. The lowest BCUT2D eigenvalue weighted by atomic mass is 10.3. The molecule has 2 N–H and O–H groups in total. The van der Waals surface area contributed by atoms with Crippen molar-refractivity contribution in [3.63, 3.8) is 0 Å². The number of aromatic nitrogens is 3. The molecule has 0 unspecified atom stereocenters. The Balaban J connectivity index is 1.97. The van der Waals surface area contributed by atoms with E-state index in [1.807, 2.05) is 18.2 Å². The molecular formula is C12H15N5O. The fourth-order valence-electron chi connectivity index (χ4n) is 1.41. The number of nitrogens with zero attached hydrogens (tertiary/aromatic N) is 3. The summed E-state index contributed by atoms with van der Waals surface area (Å²) in [6.07, 6.45) is 3.47. The first-order valence-electron chi connectivity index (χ1n) is 5.55. The van der Waals surface area contributed by atoms with Crippen LogP contribution in [0.2, 0.25) is 0 Å². The summed E-state index contributed by atoms with van der Waals surface area (Å²) >= 11 is 0. The monoisotopic (exact) mass is 245 g/mol. The van der Waals surface area contributed by atoms with Crippen molar-refractivity contribution >= 4 is 11.8 Å². The van der Waals surface area contributed by atoms with Crippen molar-refractivity contribution in [3.05, 3.63) is 36.2 Å². The van der Waals surface area contributed by atoms with Crippen LogP contribution in [0.3, 0.4) is 0 Å². The molecule has 0 aromatic carbocycles. The first-order chi connectivity index (χ1) is 8.81. The van der Waals surface area contributed by atoms with Crippen LogP contribution >= 0.6 is 0 Å². The fraction of sp³-hybridized carbons (Fsp3) is 0.250. The lowest BCUT2D eigenvalue weighted by molar-refractivity contribution is 0.397. The maximum atomic E-state index is 5.00. The van der Waals surface area contributed by atoms with Gasteiger partial charge in [-0.05, 0) is 11.6 Å². The van der Waals surface area contributed by atoms with Gasteiger partial charge in [0.25, 0.3) is 0 Å². The van der Waals surface area contributed by atoms with E-state index in [-0.39, 0.29) is 0 Å². The van der Waals surface area contributed by atoms with Crippen LogP contribution in [0.1, 0.15) is 5.56 Å². The minimum absolute atomic E-state index is 0.591. The zero-order valence-electron chi connectivity index (χ0n) is 10.3. The lowest BCUT2D eigenvalue weighted by Gasteiger charge is -2.07. The zero-order chi connectivity index (χ0) is 12.8. The van der Waals surface area contributed by atoms with Crippen LogP contribution in [0.15, 0.2) is 30.6 Å². The Morgan fingerprint density at radius 2 is 2.11 bits per heavy atom. The maximum Gasteiger partial charge on any atom is 0.224 e. The molecule has 0 aliphatic rings. The minimum atomic E-state index is 0.591. The number of rotatable bonds is 5. The summed E-state index contributed by atoms with van der Waals surface area (Å²) in [6.45, 7) is 0.650. The van der Waals surface area contributed by atoms with Gasteiger partial charge in [-0.15, -0.1) is 0 Å². The molecule has 0 saturated heterocycles. The molecule has 0 saturated carbocycles. The van der Waals surface area contributed by atoms with Crippen LogP contribution < -0.4 is 15.4 Å². The molecule has 0 aliphatic carbocycles. The van der Waals surface area contributed by atoms with Gasteiger partial charge in [0.2, 0.25) is 11.8 Å². The van der Waals surface area contributed by atoms with E-state index in [1.54, 1.807) is 26.6 Å². The van der Waals surface area contributed by atoms with Gasteiger partial charge >= 0.3 is 0 Å². The largest absolute Gasteiger partial charge is 0.481 e. The zero-order valence-corrected chi connectivity index (χ0v) is 10.3. The Hall–Kier alpha value is -2.37. The Labute approximate surface area is 105 Å². The lowest BCUT2D eigenvalue weighted by Crippen LogP contribution is -2.04. The summed E-state index contributed by atoms with van der Waals surface area (Å²) < 4.78 is 5.00. The molecule has 0 bridgehead atoms. The van der Waals surface area contributed by atoms with E-state index in [1.165, 1.54) is 0 Å². The van der Waals surface area contributed by atoms with E-state index in [4.69, 9.17) is 4.74 Å². The highest BCUT2D eigenvalue weighted by molar-refractivity contribution is 5.39. The molecule has 0 spiro atoms. The molecule has 94 valence electrons. The molecular weight excluding hydrogens is 230 g/mol. The molecule has 2 aromatic rings. The molecule has 2 heterocycles. The van der Waals surface area contributed by atoms with E-state index >= 15 is 0 Å². The highest BCUT2D eigenvalue weighted by Gasteiger charge is 1.98. The van der Waals surface area contributed by atoms with E-state index < -0.39 is 0 Å². The Morgan fingerprint density at radius 1 is 1.22 bits per heavy atom. The van der Waals surface area contributed by atoms with Gasteiger partial charge in [0.05, 0.1) is 7.11 Å². The molecule has 2 rings (SSSR count). The molecule has 0 amide bonds. The summed E-state index contributed by atoms with van der Waals surface area (Å²) in [5.41, 5.74) is 1.06. The molecule has 0 radical (unpaired) electrons. The van der Waals surface area contributed by atoms with Crippen LogP contribution in [-0.4, -0.2) is 29.1 Å². The number of methoxy groups -OCH3 is 1. The van der Waals surface area contributed by atoms with Crippen molar-refractivity contribution in [3.8, 4) is 5.88 Å². The third-order valence-corrected chi connectivity index (χ3v) is 2.36. The normalized spacial score (nSPS) is 9.89. The Bertz CT molecular complexity index is 500. The third kappa shape index (κ3) is 3.07. The van der Waals surface area contributed by atoms with Crippen LogP contribution in [0.5, 0.6) is 5.88 Å². The summed E-state index contributed by atoms with van der Waals surface area (Å²) in [6, 6.07) is 5.60. The van der Waals surface area contributed by atoms with Gasteiger partial charge in [-0.25, -0.2) is 9.97 Å². The van der Waals surface area contributed by atoms with Crippen LogP contribution in [0.25, 0.3) is 0 Å². The second-order valence-electron chi connectivity index (χ2n) is 3.58. The second-order valence-corrected chi connectivity index (χ2v) is 3.58. The molecule has 2 aromatic heterocycles. The Morgan fingerprint density at radius 3 is 2.78 bits per heavy atom. The van der Waals surface area contributed by atoms with E-state index in [9.17, 15) is 0 Å². The van der Waals surface area contributed by atoms with Gasteiger partial charge < -0.3 is 15.4 Å². The van der Waals surface area contributed by atoms with Crippen LogP contribution in [-0.2, 0) is 6.54 Å². The van der Waals surface area contributed by atoms with E-state index in [0.717, 1.165) is 11.4 Å². The standard InChI is InChI=1S/C12H15N5O/c1-13-12-14-6-5-10(17-12)15-7-9-3-4-11(18-2)16-8-9/h3-6,8H,7H2,1-2H3,(H2,13,14,15,17). The molecule has 6 nitrogen and oxygen atoms in total. The number of hydrogen-bond acceptors (Lipinski definition) is 6. The maximum absolute atomic E-state index is 5.00. The van der Waals surface area contributed by atoms with Gasteiger partial charge in [-0.2, -0.15) is 4.98 Å². The number of pyridine rings is 1. The Kier molecular flexibility index (Phi) is 3.90. The van der Waals surface area contributed by atoms with Gasteiger partial charge in [-0.1, -0.05) is 6.07 Å². The average molecular weight is 245 g/mol. The predicted molar refractivity (Wildman–Crippen MR) is 69.7 cm³/mol. The highest BCUT2D eigenvalue weighted by Crippen LogP contribution is 2.10. The van der Waals surface area contributed by atoms with Gasteiger partial charge in [0.1, 0.15) is 5.82 Å². The molecule has 6 heteroatoms. The number of nitrogens with one attached hydrogen (secondary N) is 2. The van der Waals surface area contributed by atoms with Gasteiger partial charge in [-0.3, -0.25) is 0 Å². The van der Waals surface area contributed by atoms with E-state index in [0.29, 0.717) is 18.4 Å². The van der Waals surface area contributed by atoms with Gasteiger partial charge in [0, 0.05) is 32.1 Å². The summed E-state index contributed by atoms with van der Waals surface area (Å²) in [4.78, 5) is 12.4. The number of anilines is 2. The average Bonchev–Trinajstić information content (AvgIpc) is 2.46. The van der Waals surface area contributed by atoms with Crippen molar-refractivity contribution < 1.29 is 4.74 Å². The summed E-state index contributed by atoms with van der Waals surface area (Å²) in [7, 11) is 3.38. The number of hydrogen-bond donors (Lipinski definition) is 2. The van der Waals surface area contributed by atoms with Gasteiger partial charge in [0.15, 0.2) is 0 Å². The first kappa shape index (κ1) is 12.1. The SMILES string of the molecule is CNc1nccc(NCc2ccc(OC)nc2)n1. The minimum Gasteiger partial charge on any atom is -0.481 e. The predicted octanol–water partition coefficient (Wildman–Crippen LogP) is 1.53. The second kappa shape index (κ2) is 5.81. The fourth-order valence-corrected chi connectivity index (χ4v) is 1.41. The quantitative estimate of drug-likeness (QED) is 0.832. The first-order valence-corrected chi connectivity index (χ1v) is 5.55. The third-order valence-electron chi connectivity index (χ3n) is 2.36. The summed E-state index contributed by atoms with van der Waals surface area (Å²) in [5, 5.41) is 6.09. The van der Waals surface area contributed by atoms with Crippen LogP contribution in [0, 0.1) is 0 Å².